The van der Waals surface area contributed by atoms with Crippen LogP contribution < -0.4 is 15.5 Å². The van der Waals surface area contributed by atoms with Crippen molar-refractivity contribution in [3.05, 3.63) is 93.6 Å². The summed E-state index contributed by atoms with van der Waals surface area (Å²) < 4.78 is 42.5. The lowest BCUT2D eigenvalue weighted by atomic mass is 10.00. The molecule has 6 nitrogen and oxygen atoms in total. The van der Waals surface area contributed by atoms with Crippen LogP contribution in [0.15, 0.2) is 75.9 Å². The average Bonchev–Trinajstić information content (AvgIpc) is 2.83. The number of benzene rings is 3. The minimum atomic E-state index is -4.00. The van der Waals surface area contributed by atoms with E-state index in [1.165, 1.54) is 6.07 Å². The van der Waals surface area contributed by atoms with Crippen LogP contribution in [0.4, 0.5) is 18.9 Å². The second-order valence-corrected chi connectivity index (χ2v) is 8.43. The molecule has 3 aromatic carbocycles. The van der Waals surface area contributed by atoms with E-state index in [-0.39, 0.29) is 24.0 Å². The molecule has 9 heteroatoms. The molecule has 2 N–H and O–H groups in total. The molecular formula is C28H26F3NO5. The molecule has 4 rings (SSSR count). The first-order valence-corrected chi connectivity index (χ1v) is 11.3. The molecule has 0 aliphatic rings. The summed E-state index contributed by atoms with van der Waals surface area (Å²) >= 11 is 0. The van der Waals surface area contributed by atoms with E-state index in [1.54, 1.807) is 37.4 Å². The minimum Gasteiger partial charge on any atom is -0.497 e. The van der Waals surface area contributed by atoms with Gasteiger partial charge in [0.1, 0.15) is 17.1 Å². The third-order valence-corrected chi connectivity index (χ3v) is 5.37. The molecule has 0 bridgehead atoms. The number of aromatic carboxylic acids is 1. The van der Waals surface area contributed by atoms with Crippen LogP contribution >= 0.6 is 0 Å². The second kappa shape index (κ2) is 11.2. The SMILES string of the molecule is CC(F)(F)F.COc1ccc(-c2cc(=O)c3cc(C)cc(C(C)Nc4ccccc4C(=O)O)c3o2)cc1. The molecule has 4 aromatic rings. The summed E-state index contributed by atoms with van der Waals surface area (Å²) in [6.07, 6.45) is -4.00. The van der Waals surface area contributed by atoms with Crippen molar-refractivity contribution < 1.29 is 32.2 Å². The predicted molar refractivity (Wildman–Crippen MR) is 136 cm³/mol. The Morgan fingerprint density at radius 2 is 1.68 bits per heavy atom. The molecule has 0 saturated heterocycles. The Balaban J connectivity index is 0.000000695. The van der Waals surface area contributed by atoms with Crippen LogP contribution in [0.2, 0.25) is 0 Å². The molecule has 0 spiro atoms. The largest absolute Gasteiger partial charge is 0.497 e. The first-order chi connectivity index (χ1) is 17.4. The van der Waals surface area contributed by atoms with E-state index in [4.69, 9.17) is 9.15 Å². The fourth-order valence-corrected chi connectivity index (χ4v) is 3.76. The van der Waals surface area contributed by atoms with Crippen molar-refractivity contribution >= 4 is 22.6 Å². The summed E-state index contributed by atoms with van der Waals surface area (Å²) in [7, 11) is 1.59. The zero-order valence-corrected chi connectivity index (χ0v) is 20.6. The van der Waals surface area contributed by atoms with Crippen molar-refractivity contribution in [3.8, 4) is 17.1 Å². The van der Waals surface area contributed by atoms with Gasteiger partial charge in [-0.2, -0.15) is 13.2 Å². The molecule has 1 unspecified atom stereocenters. The number of nitrogens with one attached hydrogen (secondary N) is 1. The number of halogens is 3. The number of rotatable bonds is 6. The first-order valence-electron chi connectivity index (χ1n) is 11.3. The van der Waals surface area contributed by atoms with E-state index in [9.17, 15) is 27.9 Å². The summed E-state index contributed by atoms with van der Waals surface area (Å²) in [5.74, 6) is 0.152. The van der Waals surface area contributed by atoms with Gasteiger partial charge in [-0.25, -0.2) is 4.79 Å². The fourth-order valence-electron chi connectivity index (χ4n) is 3.76. The normalized spacial score (nSPS) is 11.9. The van der Waals surface area contributed by atoms with E-state index in [1.807, 2.05) is 44.2 Å². The van der Waals surface area contributed by atoms with Gasteiger partial charge < -0.3 is 19.6 Å². The number of ether oxygens (including phenoxy) is 1. The average molecular weight is 514 g/mol. The molecule has 37 heavy (non-hydrogen) atoms. The highest BCUT2D eigenvalue weighted by Crippen LogP contribution is 2.31. The molecule has 1 atom stereocenters. The maximum atomic E-state index is 12.9. The molecular weight excluding hydrogens is 487 g/mol. The molecule has 0 radical (unpaired) electrons. The summed E-state index contributed by atoms with van der Waals surface area (Å²) in [6, 6.07) is 18.9. The third kappa shape index (κ3) is 7.13. The molecule has 194 valence electrons. The highest BCUT2D eigenvalue weighted by atomic mass is 19.4. The van der Waals surface area contributed by atoms with Crippen LogP contribution in [-0.2, 0) is 0 Å². The summed E-state index contributed by atoms with van der Waals surface area (Å²) in [5.41, 5.74) is 3.45. The van der Waals surface area contributed by atoms with E-state index < -0.39 is 12.1 Å². The number of methoxy groups -OCH3 is 1. The summed E-state index contributed by atoms with van der Waals surface area (Å²) in [5, 5.41) is 13.2. The van der Waals surface area contributed by atoms with Crippen molar-refractivity contribution in [1.82, 2.24) is 0 Å². The van der Waals surface area contributed by atoms with Crippen LogP contribution in [0, 0.1) is 6.92 Å². The lowest BCUT2D eigenvalue weighted by Crippen LogP contribution is -2.12. The van der Waals surface area contributed by atoms with Gasteiger partial charge in [-0.15, -0.1) is 0 Å². The van der Waals surface area contributed by atoms with Crippen LogP contribution in [0.3, 0.4) is 0 Å². The molecule has 1 aromatic heterocycles. The molecule has 0 saturated carbocycles. The van der Waals surface area contributed by atoms with E-state index >= 15 is 0 Å². The third-order valence-electron chi connectivity index (χ3n) is 5.37. The summed E-state index contributed by atoms with van der Waals surface area (Å²) in [4.78, 5) is 24.5. The Morgan fingerprint density at radius 3 is 2.27 bits per heavy atom. The maximum absolute atomic E-state index is 12.9. The van der Waals surface area contributed by atoms with Gasteiger partial charge >= 0.3 is 12.1 Å². The highest BCUT2D eigenvalue weighted by Gasteiger charge is 2.18. The van der Waals surface area contributed by atoms with Crippen LogP contribution in [-0.4, -0.2) is 24.4 Å². The van der Waals surface area contributed by atoms with Crippen molar-refractivity contribution in [2.24, 2.45) is 0 Å². The predicted octanol–water partition coefficient (Wildman–Crippen LogP) is 7.22. The van der Waals surface area contributed by atoms with Gasteiger partial charge in [-0.1, -0.05) is 18.2 Å². The quantitative estimate of drug-likeness (QED) is 0.283. The van der Waals surface area contributed by atoms with Crippen molar-refractivity contribution in [2.75, 3.05) is 12.4 Å². The number of aryl methyl sites for hydroxylation is 1. The smallest absolute Gasteiger partial charge is 0.386 e. The van der Waals surface area contributed by atoms with Crippen LogP contribution in [0.25, 0.3) is 22.3 Å². The number of fused-ring (bicyclic) bond motifs is 1. The Hall–Kier alpha value is -4.27. The number of para-hydroxylation sites is 1. The summed E-state index contributed by atoms with van der Waals surface area (Å²) in [6.45, 7) is 4.01. The van der Waals surface area contributed by atoms with Gasteiger partial charge in [0.25, 0.3) is 0 Å². The Labute approximate surface area is 211 Å². The number of carboxylic acid groups (broad SMARTS) is 1. The van der Waals surface area contributed by atoms with Gasteiger partial charge in [-0.05, 0) is 61.9 Å². The number of alkyl halides is 3. The Morgan fingerprint density at radius 1 is 1.05 bits per heavy atom. The minimum absolute atomic E-state index is 0.139. The number of hydrogen-bond acceptors (Lipinski definition) is 5. The molecule has 1 heterocycles. The lowest BCUT2D eigenvalue weighted by molar-refractivity contribution is -0.110. The highest BCUT2D eigenvalue weighted by molar-refractivity contribution is 5.94. The first kappa shape index (κ1) is 27.3. The van der Waals surface area contributed by atoms with Crippen LogP contribution in [0.5, 0.6) is 5.75 Å². The number of hydrogen-bond donors (Lipinski definition) is 2. The molecule has 0 aliphatic heterocycles. The van der Waals surface area contributed by atoms with E-state index in [2.05, 4.69) is 5.32 Å². The number of carbonyl (C=O) groups is 1. The Kier molecular flexibility index (Phi) is 8.27. The fraction of sp³-hybridized carbons (Fsp3) is 0.214. The van der Waals surface area contributed by atoms with Crippen molar-refractivity contribution in [2.45, 2.75) is 33.0 Å². The van der Waals surface area contributed by atoms with E-state index in [0.717, 1.165) is 16.7 Å². The van der Waals surface area contributed by atoms with Gasteiger partial charge in [-0.3, -0.25) is 4.79 Å². The number of carboxylic acids is 1. The van der Waals surface area contributed by atoms with Crippen LogP contribution in [0.1, 0.15) is 41.4 Å². The van der Waals surface area contributed by atoms with Gasteiger partial charge in [0.15, 0.2) is 5.43 Å². The van der Waals surface area contributed by atoms with Gasteiger partial charge in [0.05, 0.1) is 24.1 Å². The maximum Gasteiger partial charge on any atom is 0.386 e. The van der Waals surface area contributed by atoms with Gasteiger partial charge in [0, 0.05) is 29.8 Å². The standard InChI is InChI=1S/C26H23NO5.C2H3F3/c1-15-12-20(16(2)27-22-7-5-4-6-19(22)26(29)30)25-21(13-15)23(28)14-24(32-25)17-8-10-18(31-3)11-9-17;1-2(3,4)5/h4-14,16,27H,1-3H3,(H,29,30);1H3. The molecule has 0 fully saturated rings. The molecule has 0 aliphatic carbocycles. The van der Waals surface area contributed by atoms with Gasteiger partial charge in [0.2, 0.25) is 0 Å². The zero-order chi connectivity index (χ0) is 27.3. The Bertz CT molecular complexity index is 1450. The molecule has 0 amide bonds. The second-order valence-electron chi connectivity index (χ2n) is 8.43. The monoisotopic (exact) mass is 513 g/mol. The van der Waals surface area contributed by atoms with Crippen molar-refractivity contribution in [3.63, 3.8) is 0 Å². The lowest BCUT2D eigenvalue weighted by Gasteiger charge is -2.19. The van der Waals surface area contributed by atoms with E-state index in [0.29, 0.717) is 28.2 Å². The zero-order valence-electron chi connectivity index (χ0n) is 20.6. The topological polar surface area (TPSA) is 88.8 Å². The number of anilines is 1. The van der Waals surface area contributed by atoms with Crippen molar-refractivity contribution in [1.29, 1.82) is 0 Å².